The first-order valence-electron chi connectivity index (χ1n) is 23.2. The molecule has 4 aromatic rings. The number of methoxy groups -OCH3 is 1. The molecular weight excluding hydrogens is 911 g/mol. The number of rotatable bonds is 20. The van der Waals surface area contributed by atoms with Crippen molar-refractivity contribution in [1.29, 1.82) is 0 Å². The fourth-order valence-corrected chi connectivity index (χ4v) is 10.6. The second kappa shape index (κ2) is 22.2. The maximum atomic E-state index is 13.3. The van der Waals surface area contributed by atoms with Crippen LogP contribution in [0.15, 0.2) is 66.9 Å². The Hall–Kier alpha value is -5.62. The molecule has 4 aliphatic rings. The highest BCUT2D eigenvalue weighted by Crippen LogP contribution is 2.39. The number of piperazine rings is 1. The Balaban J connectivity index is 0.696. The van der Waals surface area contributed by atoms with Crippen LogP contribution in [0, 0.1) is 0 Å². The second-order valence-corrected chi connectivity index (χ2v) is 21.3. The van der Waals surface area contributed by atoms with Gasteiger partial charge in [-0.25, -0.2) is 4.98 Å². The van der Waals surface area contributed by atoms with E-state index in [2.05, 4.69) is 58.1 Å². The molecular formula is C48H60ClN10O8P. The molecule has 0 radical (unpaired) electrons. The molecule has 0 spiro atoms. The van der Waals surface area contributed by atoms with Gasteiger partial charge in [-0.2, -0.15) is 4.98 Å². The monoisotopic (exact) mass is 970 g/mol. The summed E-state index contributed by atoms with van der Waals surface area (Å²) in [7, 11) is -0.897. The zero-order chi connectivity index (χ0) is 47.8. The van der Waals surface area contributed by atoms with Crippen molar-refractivity contribution in [2.75, 3.05) is 120 Å². The smallest absolute Gasteiger partial charge is 0.264 e. The van der Waals surface area contributed by atoms with Crippen molar-refractivity contribution in [3.63, 3.8) is 0 Å². The molecule has 4 aliphatic heterocycles. The van der Waals surface area contributed by atoms with Crippen molar-refractivity contribution in [1.82, 2.24) is 30.0 Å². The first kappa shape index (κ1) is 48.8. The number of anilines is 6. The van der Waals surface area contributed by atoms with Crippen molar-refractivity contribution in [3.8, 4) is 5.75 Å². The maximum Gasteiger partial charge on any atom is 0.264 e. The molecule has 1 atom stereocenters. The van der Waals surface area contributed by atoms with Crippen molar-refractivity contribution < 1.29 is 38.0 Å². The van der Waals surface area contributed by atoms with Crippen LogP contribution in [0.3, 0.4) is 0 Å². The predicted molar refractivity (Wildman–Crippen MR) is 263 cm³/mol. The molecule has 18 nitrogen and oxygen atoms in total. The molecule has 0 bridgehead atoms. The molecule has 1 aromatic heterocycles. The number of para-hydroxylation sites is 1. The lowest BCUT2D eigenvalue weighted by molar-refractivity contribution is -0.136. The number of fused-ring (bicyclic) bond motifs is 1. The van der Waals surface area contributed by atoms with Crippen molar-refractivity contribution >= 4 is 82.2 Å². The van der Waals surface area contributed by atoms with E-state index < -0.39 is 36.8 Å². The molecule has 20 heteroatoms. The summed E-state index contributed by atoms with van der Waals surface area (Å²) in [6.45, 7) is 12.9. The number of amides is 4. The maximum absolute atomic E-state index is 13.3. The average Bonchev–Trinajstić information content (AvgIpc) is 3.59. The van der Waals surface area contributed by atoms with E-state index in [1.165, 1.54) is 6.20 Å². The zero-order valence-corrected chi connectivity index (χ0v) is 40.5. The van der Waals surface area contributed by atoms with E-state index in [9.17, 15) is 23.7 Å². The minimum atomic E-state index is -2.55. The van der Waals surface area contributed by atoms with Gasteiger partial charge in [0.2, 0.25) is 17.8 Å². The first-order chi connectivity index (χ1) is 32.9. The SMILES string of the molecule is COc1cc(N2CCC(N3CCN(CCCOCCOCCNc4cccc5c4C(=O)N(C4CCC(=O)NC4=O)C5=O)CC3)CC2)ccc1Nc1ncc(Cl)c(Nc2ccccc2P(C)(C)=O)n1. The van der Waals surface area contributed by atoms with Crippen LogP contribution in [0.1, 0.15) is 52.8 Å². The fourth-order valence-electron chi connectivity index (χ4n) is 9.27. The van der Waals surface area contributed by atoms with Crippen molar-refractivity contribution in [3.05, 3.63) is 83.0 Å². The van der Waals surface area contributed by atoms with Gasteiger partial charge in [-0.15, -0.1) is 0 Å². The second-order valence-electron chi connectivity index (χ2n) is 17.7. The number of hydrogen-bond acceptors (Lipinski definition) is 16. The Bertz CT molecular complexity index is 2530. The molecule has 1 unspecified atom stereocenters. The van der Waals surface area contributed by atoms with Gasteiger partial charge in [-0.3, -0.25) is 34.3 Å². The van der Waals surface area contributed by atoms with Crippen LogP contribution in [0.5, 0.6) is 5.75 Å². The van der Waals surface area contributed by atoms with Gasteiger partial charge in [0.25, 0.3) is 11.8 Å². The minimum absolute atomic E-state index is 0.0708. The number of hydrogen-bond donors (Lipinski definition) is 4. The third-order valence-corrected chi connectivity index (χ3v) is 14.7. The summed E-state index contributed by atoms with van der Waals surface area (Å²) in [6.07, 6.45) is 4.85. The number of nitrogens with zero attached hydrogens (tertiary/aromatic N) is 6. The van der Waals surface area contributed by atoms with E-state index in [0.717, 1.165) is 81.4 Å². The van der Waals surface area contributed by atoms with Gasteiger partial charge in [0.05, 0.1) is 55.6 Å². The number of nitrogens with one attached hydrogen (secondary N) is 4. The largest absolute Gasteiger partial charge is 0.494 e. The lowest BCUT2D eigenvalue weighted by Crippen LogP contribution is -2.54. The third kappa shape index (κ3) is 11.6. The van der Waals surface area contributed by atoms with Gasteiger partial charge in [-0.1, -0.05) is 29.8 Å². The minimum Gasteiger partial charge on any atom is -0.494 e. The number of halogens is 1. The fraction of sp³-hybridized carbons (Fsp3) is 0.458. The van der Waals surface area contributed by atoms with Gasteiger partial charge < -0.3 is 44.5 Å². The standard InChI is InChI=1S/C48H60ClN10O8P/c1-65-40-30-33(12-13-36(40)53-48-51-31-35(49)44(55-48)52-37-9-4-5-11-41(37)68(2,3)64)57-20-16-32(17-21-57)58-24-22-56(23-25-58)19-7-26-66-28-29-67-27-18-50-38-10-6-8-34-43(38)47(63)59(46(34)62)39-14-15-42(60)54-45(39)61/h4-6,8-13,30-32,39,50H,7,14-29H2,1-3H3,(H,54,60,61)(H2,51,52,53,55). The lowest BCUT2D eigenvalue weighted by atomic mass is 10.0. The Labute approximate surface area is 401 Å². The van der Waals surface area contributed by atoms with Crippen LogP contribution in [0.2, 0.25) is 5.02 Å². The Morgan fingerprint density at radius 3 is 2.32 bits per heavy atom. The molecule has 0 aliphatic carbocycles. The van der Waals surface area contributed by atoms with Crippen LogP contribution in [-0.4, -0.2) is 160 Å². The quantitative estimate of drug-likeness (QED) is 0.0499. The van der Waals surface area contributed by atoms with Gasteiger partial charge >= 0.3 is 0 Å². The van der Waals surface area contributed by atoms with Gasteiger partial charge in [0.1, 0.15) is 24.0 Å². The van der Waals surface area contributed by atoms with Crippen molar-refractivity contribution in [2.45, 2.75) is 44.2 Å². The van der Waals surface area contributed by atoms with E-state index in [-0.39, 0.29) is 24.0 Å². The highest BCUT2D eigenvalue weighted by atomic mass is 35.5. The van der Waals surface area contributed by atoms with Crippen LogP contribution in [-0.2, 0) is 23.6 Å². The number of carbonyl (C=O) groups is 4. The zero-order valence-electron chi connectivity index (χ0n) is 38.8. The Kier molecular flexibility index (Phi) is 15.9. The summed E-state index contributed by atoms with van der Waals surface area (Å²) in [5.41, 5.74) is 3.48. The number of benzene rings is 3. The summed E-state index contributed by atoms with van der Waals surface area (Å²) in [4.78, 5) is 68.0. The van der Waals surface area contributed by atoms with Crippen LogP contribution in [0.25, 0.3) is 0 Å². The highest BCUT2D eigenvalue weighted by Gasteiger charge is 2.45. The molecule has 0 saturated carbocycles. The van der Waals surface area contributed by atoms with Crippen molar-refractivity contribution in [2.24, 2.45) is 0 Å². The molecule has 362 valence electrons. The molecule has 3 saturated heterocycles. The molecule has 8 rings (SSSR count). The van der Waals surface area contributed by atoms with E-state index in [0.29, 0.717) is 78.2 Å². The van der Waals surface area contributed by atoms with E-state index in [1.807, 2.05) is 30.3 Å². The topological polar surface area (TPSA) is 200 Å². The van der Waals surface area contributed by atoms with Gasteiger partial charge in [-0.05, 0) is 75.4 Å². The summed E-state index contributed by atoms with van der Waals surface area (Å²) < 4.78 is 30.3. The molecule has 4 amide bonds. The molecule has 68 heavy (non-hydrogen) atoms. The number of carbonyl (C=O) groups excluding carboxylic acids is 4. The van der Waals surface area contributed by atoms with E-state index in [1.54, 1.807) is 38.6 Å². The van der Waals surface area contributed by atoms with Gasteiger partial charge in [0.15, 0.2) is 5.82 Å². The third-order valence-electron chi connectivity index (χ3n) is 12.8. The number of ether oxygens (including phenoxy) is 3. The van der Waals surface area contributed by atoms with E-state index in [4.69, 9.17) is 25.8 Å². The Morgan fingerprint density at radius 2 is 1.57 bits per heavy atom. The van der Waals surface area contributed by atoms with Crippen LogP contribution < -0.4 is 36.2 Å². The predicted octanol–water partition coefficient (Wildman–Crippen LogP) is 5.40. The van der Waals surface area contributed by atoms with Gasteiger partial charge in [0, 0.05) is 94.2 Å². The van der Waals surface area contributed by atoms with Crippen LogP contribution >= 0.6 is 18.7 Å². The van der Waals surface area contributed by atoms with E-state index >= 15 is 0 Å². The first-order valence-corrected chi connectivity index (χ1v) is 26.2. The summed E-state index contributed by atoms with van der Waals surface area (Å²) >= 11 is 6.49. The molecule has 3 fully saturated rings. The number of aromatic nitrogens is 2. The number of imide groups is 2. The summed E-state index contributed by atoms with van der Waals surface area (Å²) in [5.74, 6) is -0.701. The van der Waals surface area contributed by atoms with Crippen LogP contribution in [0.4, 0.5) is 34.5 Å². The molecule has 3 aromatic carbocycles. The number of piperidine rings is 2. The lowest BCUT2D eigenvalue weighted by Gasteiger charge is -2.43. The molecule has 5 heterocycles. The highest BCUT2D eigenvalue weighted by molar-refractivity contribution is 7.70. The normalized spacial score (nSPS) is 18.4. The molecule has 4 N–H and O–H groups in total. The Morgan fingerprint density at radius 1 is 0.824 bits per heavy atom. The summed E-state index contributed by atoms with van der Waals surface area (Å²) in [5, 5.41) is 13.0. The summed E-state index contributed by atoms with van der Waals surface area (Å²) in [6, 6.07) is 18.1. The average molecular weight is 971 g/mol.